The van der Waals surface area contributed by atoms with Gasteiger partial charge in [-0.05, 0) is 26.2 Å². The lowest BCUT2D eigenvalue weighted by Crippen LogP contribution is -2.16. The van der Waals surface area contributed by atoms with E-state index in [1.165, 1.54) is 0 Å². The van der Waals surface area contributed by atoms with Crippen LogP contribution in [0.25, 0.3) is 21.8 Å². The monoisotopic (exact) mass is 295 g/mol. The maximum atomic E-state index is 12.5. The Bertz CT molecular complexity index is 911. The van der Waals surface area contributed by atoms with Crippen LogP contribution in [0.1, 0.15) is 24.6 Å². The molecule has 112 valence electrons. The molecule has 1 aromatic carbocycles. The van der Waals surface area contributed by atoms with Crippen LogP contribution in [-0.4, -0.2) is 22.3 Å². The van der Waals surface area contributed by atoms with Crippen LogP contribution < -0.4 is 5.73 Å². The summed E-state index contributed by atoms with van der Waals surface area (Å²) in [7, 11) is 0. The van der Waals surface area contributed by atoms with E-state index in [1.807, 2.05) is 31.2 Å². The highest BCUT2D eigenvalue weighted by atomic mass is 16.5. The number of hydrogen-bond acceptors (Lipinski definition) is 4. The fraction of sp³-hybridized carbons (Fsp3) is 0.294. The van der Waals surface area contributed by atoms with Crippen molar-refractivity contribution in [1.29, 1.82) is 0 Å². The van der Waals surface area contributed by atoms with Gasteiger partial charge in [-0.3, -0.25) is 0 Å². The number of aryl methyl sites for hydroxylation is 1. The van der Waals surface area contributed by atoms with Gasteiger partial charge in [0.05, 0.1) is 17.6 Å². The van der Waals surface area contributed by atoms with Gasteiger partial charge in [-0.15, -0.1) is 0 Å². The predicted octanol–water partition coefficient (Wildman–Crippen LogP) is 3.27. The highest BCUT2D eigenvalue weighted by Gasteiger charge is 2.28. The molecule has 2 N–H and O–H groups in total. The summed E-state index contributed by atoms with van der Waals surface area (Å²) in [6.07, 6.45) is 2.52. The van der Waals surface area contributed by atoms with Gasteiger partial charge in [0.2, 0.25) is 0 Å². The molecule has 0 aliphatic heterocycles. The number of nitrogens with two attached hydrogens (primary N) is 1. The minimum absolute atomic E-state index is 0.327. The molecule has 0 atom stereocenters. The molecular weight excluding hydrogens is 278 g/mol. The SMILES string of the molecule is CCOC(=O)n1c2c(c3nc(N)c4ccccc4c31)CCC2. The number of aromatic nitrogens is 2. The van der Waals surface area contributed by atoms with Gasteiger partial charge in [0.25, 0.3) is 0 Å². The number of benzene rings is 1. The van der Waals surface area contributed by atoms with Gasteiger partial charge in [-0.2, -0.15) is 0 Å². The number of ether oxygens (including phenoxy) is 1. The Labute approximate surface area is 127 Å². The first-order valence-corrected chi connectivity index (χ1v) is 7.60. The van der Waals surface area contributed by atoms with Gasteiger partial charge in [0.15, 0.2) is 0 Å². The van der Waals surface area contributed by atoms with Crippen LogP contribution in [-0.2, 0) is 17.6 Å². The lowest BCUT2D eigenvalue weighted by molar-refractivity contribution is 0.154. The van der Waals surface area contributed by atoms with Gasteiger partial charge in [-0.25, -0.2) is 14.3 Å². The molecule has 0 saturated carbocycles. The smallest absolute Gasteiger partial charge is 0.418 e. The van der Waals surface area contributed by atoms with Gasteiger partial charge in [-0.1, -0.05) is 24.3 Å². The van der Waals surface area contributed by atoms with Crippen LogP contribution in [0.5, 0.6) is 0 Å². The zero-order chi connectivity index (χ0) is 15.3. The summed E-state index contributed by atoms with van der Waals surface area (Å²) in [6, 6.07) is 7.80. The van der Waals surface area contributed by atoms with Crippen LogP contribution >= 0.6 is 0 Å². The van der Waals surface area contributed by atoms with Crippen molar-refractivity contribution in [3.05, 3.63) is 35.5 Å². The molecule has 0 radical (unpaired) electrons. The highest BCUT2D eigenvalue weighted by molar-refractivity contribution is 6.12. The molecule has 3 aromatic rings. The van der Waals surface area contributed by atoms with E-state index in [1.54, 1.807) is 4.57 Å². The Morgan fingerprint density at radius 1 is 1.32 bits per heavy atom. The summed E-state index contributed by atoms with van der Waals surface area (Å²) in [6.45, 7) is 2.17. The van der Waals surface area contributed by atoms with E-state index in [4.69, 9.17) is 10.5 Å². The molecule has 2 heterocycles. The van der Waals surface area contributed by atoms with E-state index < -0.39 is 0 Å². The van der Waals surface area contributed by atoms with Gasteiger partial charge < -0.3 is 10.5 Å². The second kappa shape index (κ2) is 4.73. The van der Waals surface area contributed by atoms with Crippen LogP contribution in [0.2, 0.25) is 0 Å². The molecule has 1 aliphatic carbocycles. The maximum absolute atomic E-state index is 12.5. The first-order valence-electron chi connectivity index (χ1n) is 7.60. The normalized spacial score (nSPS) is 13.7. The fourth-order valence-electron chi connectivity index (χ4n) is 3.47. The zero-order valence-electron chi connectivity index (χ0n) is 12.4. The average Bonchev–Trinajstić information content (AvgIpc) is 3.09. The third-order valence-corrected chi connectivity index (χ3v) is 4.33. The number of hydrogen-bond donors (Lipinski definition) is 1. The molecule has 0 amide bonds. The van der Waals surface area contributed by atoms with Crippen molar-refractivity contribution in [3.8, 4) is 0 Å². The van der Waals surface area contributed by atoms with E-state index in [9.17, 15) is 4.79 Å². The van der Waals surface area contributed by atoms with E-state index >= 15 is 0 Å². The van der Waals surface area contributed by atoms with Gasteiger partial charge in [0, 0.05) is 22.0 Å². The van der Waals surface area contributed by atoms with Crippen molar-refractivity contribution in [2.45, 2.75) is 26.2 Å². The summed E-state index contributed by atoms with van der Waals surface area (Å²) in [5.74, 6) is 0.513. The largest absolute Gasteiger partial charge is 0.449 e. The second-order valence-electron chi connectivity index (χ2n) is 5.55. The molecular formula is C17H17N3O2. The van der Waals surface area contributed by atoms with E-state index in [0.717, 1.165) is 52.3 Å². The van der Waals surface area contributed by atoms with Crippen molar-refractivity contribution in [3.63, 3.8) is 0 Å². The standard InChI is InChI=1S/C17H17N3O2/c1-2-22-17(21)20-13-9-5-8-12(13)14-15(20)10-6-3-4-7-11(10)16(18)19-14/h3-4,6-7H,2,5,8-9H2,1H3,(H2,18,19). The quantitative estimate of drug-likeness (QED) is 0.748. The van der Waals surface area contributed by atoms with Crippen molar-refractivity contribution < 1.29 is 9.53 Å². The molecule has 5 heteroatoms. The van der Waals surface area contributed by atoms with Crippen LogP contribution in [0.3, 0.4) is 0 Å². The highest BCUT2D eigenvalue weighted by Crippen LogP contribution is 2.37. The molecule has 0 unspecified atom stereocenters. The molecule has 22 heavy (non-hydrogen) atoms. The molecule has 4 rings (SSSR count). The predicted molar refractivity (Wildman–Crippen MR) is 86.1 cm³/mol. The third kappa shape index (κ3) is 1.65. The van der Waals surface area contributed by atoms with Crippen molar-refractivity contribution in [2.24, 2.45) is 0 Å². The zero-order valence-corrected chi connectivity index (χ0v) is 12.4. The van der Waals surface area contributed by atoms with Gasteiger partial charge >= 0.3 is 6.09 Å². The summed E-state index contributed by atoms with van der Waals surface area (Å²) >= 11 is 0. The average molecular weight is 295 g/mol. The van der Waals surface area contributed by atoms with Crippen LogP contribution in [0.15, 0.2) is 24.3 Å². The van der Waals surface area contributed by atoms with Gasteiger partial charge in [0.1, 0.15) is 5.82 Å². The van der Waals surface area contributed by atoms with E-state index in [0.29, 0.717) is 12.4 Å². The summed E-state index contributed by atoms with van der Waals surface area (Å²) in [4.78, 5) is 17.1. The molecule has 0 bridgehead atoms. The number of rotatable bonds is 1. The number of nitrogens with zero attached hydrogens (tertiary/aromatic N) is 2. The van der Waals surface area contributed by atoms with Crippen molar-refractivity contribution >= 4 is 33.7 Å². The lowest BCUT2D eigenvalue weighted by atomic mass is 10.1. The number of carbonyl (C=O) groups excluding carboxylic acids is 1. The van der Waals surface area contributed by atoms with E-state index in [-0.39, 0.29) is 6.09 Å². The number of nitrogen functional groups attached to an aromatic ring is 1. The molecule has 0 spiro atoms. The molecule has 2 aromatic heterocycles. The minimum atomic E-state index is -0.327. The Kier molecular flexibility index (Phi) is 2.82. The fourth-order valence-corrected chi connectivity index (χ4v) is 3.47. The molecule has 5 nitrogen and oxygen atoms in total. The number of fused-ring (bicyclic) bond motifs is 5. The molecule has 0 saturated heterocycles. The lowest BCUT2D eigenvalue weighted by Gasteiger charge is -2.10. The summed E-state index contributed by atoms with van der Waals surface area (Å²) in [5.41, 5.74) is 9.96. The van der Waals surface area contributed by atoms with Crippen LogP contribution in [0, 0.1) is 0 Å². The Morgan fingerprint density at radius 2 is 2.09 bits per heavy atom. The van der Waals surface area contributed by atoms with Crippen LogP contribution in [0.4, 0.5) is 10.6 Å². The van der Waals surface area contributed by atoms with Crippen molar-refractivity contribution in [2.75, 3.05) is 12.3 Å². The minimum Gasteiger partial charge on any atom is -0.449 e. The third-order valence-electron chi connectivity index (χ3n) is 4.33. The summed E-state index contributed by atoms with van der Waals surface area (Å²) < 4.78 is 6.97. The maximum Gasteiger partial charge on any atom is 0.418 e. The Hall–Kier alpha value is -2.56. The molecule has 1 aliphatic rings. The molecule has 0 fully saturated rings. The Balaban J connectivity index is 2.17. The number of carbonyl (C=O) groups is 1. The summed E-state index contributed by atoms with van der Waals surface area (Å²) in [5, 5.41) is 1.82. The Morgan fingerprint density at radius 3 is 2.86 bits per heavy atom. The number of anilines is 1. The number of pyridine rings is 1. The first-order chi connectivity index (χ1) is 10.7. The second-order valence-corrected chi connectivity index (χ2v) is 5.55. The van der Waals surface area contributed by atoms with Crippen molar-refractivity contribution in [1.82, 2.24) is 9.55 Å². The van der Waals surface area contributed by atoms with E-state index in [2.05, 4.69) is 4.98 Å². The topological polar surface area (TPSA) is 70.1 Å². The first kappa shape index (κ1) is 13.1.